The molecule has 0 saturated carbocycles. The Morgan fingerprint density at radius 2 is 2.00 bits per heavy atom. The van der Waals surface area contributed by atoms with E-state index in [0.29, 0.717) is 32.0 Å². The van der Waals surface area contributed by atoms with Gasteiger partial charge in [0.1, 0.15) is 5.75 Å². The van der Waals surface area contributed by atoms with E-state index in [4.69, 9.17) is 10.5 Å². The molecule has 29 heavy (non-hydrogen) atoms. The highest BCUT2D eigenvalue weighted by atomic mass is 35.5. The molecule has 2 rings (SSSR count). The number of ether oxygens (including phenoxy) is 1. The summed E-state index contributed by atoms with van der Waals surface area (Å²) in [5, 5.41) is 2.90. The Balaban J connectivity index is 0.00000420. The Morgan fingerprint density at radius 1 is 1.28 bits per heavy atom. The first-order valence-corrected chi connectivity index (χ1v) is 10.4. The number of aryl methyl sites for hydroxylation is 1. The number of nitrogens with two attached hydrogens (primary N) is 1. The molecule has 164 valence electrons. The summed E-state index contributed by atoms with van der Waals surface area (Å²) in [7, 11) is 0. The summed E-state index contributed by atoms with van der Waals surface area (Å²) >= 11 is 0. The summed E-state index contributed by atoms with van der Waals surface area (Å²) in [5.74, 6) is 1.01. The topological polar surface area (TPSA) is 84.7 Å². The third kappa shape index (κ3) is 7.19. The van der Waals surface area contributed by atoms with Crippen molar-refractivity contribution in [3.05, 3.63) is 29.3 Å². The number of nitrogens with zero attached hydrogens (tertiary/aromatic N) is 1. The number of piperidine rings is 1. The van der Waals surface area contributed by atoms with E-state index in [9.17, 15) is 9.59 Å². The first kappa shape index (κ1) is 25.2. The van der Waals surface area contributed by atoms with E-state index in [1.54, 1.807) is 0 Å². The Bertz CT molecular complexity index is 681. The standard InChI is InChI=1S/C22H35N3O3.ClH/c1-15(2)19-9-8-16(3)13-20(19)28-17(4)22(27)25-12-6-5-7-18(25)14-24-21(26)10-11-23;/h8-9,13,15,17-18H,5-7,10-12,14,23H2,1-4H3,(H,24,26);1H. The van der Waals surface area contributed by atoms with Crippen molar-refractivity contribution in [1.82, 2.24) is 10.2 Å². The quantitative estimate of drug-likeness (QED) is 0.670. The summed E-state index contributed by atoms with van der Waals surface area (Å²) in [5.41, 5.74) is 7.64. The van der Waals surface area contributed by atoms with Gasteiger partial charge in [0, 0.05) is 32.1 Å². The fraction of sp³-hybridized carbons (Fsp3) is 0.636. The van der Waals surface area contributed by atoms with Gasteiger partial charge in [-0.25, -0.2) is 0 Å². The highest BCUT2D eigenvalue weighted by Crippen LogP contribution is 2.29. The van der Waals surface area contributed by atoms with Crippen LogP contribution in [-0.2, 0) is 9.59 Å². The molecule has 7 heteroatoms. The molecule has 0 bridgehead atoms. The van der Waals surface area contributed by atoms with Gasteiger partial charge in [0.25, 0.3) is 5.91 Å². The minimum Gasteiger partial charge on any atom is -0.481 e. The van der Waals surface area contributed by atoms with Crippen molar-refractivity contribution in [3.63, 3.8) is 0 Å². The highest BCUT2D eigenvalue weighted by molar-refractivity contribution is 5.85. The molecule has 1 aromatic carbocycles. The van der Waals surface area contributed by atoms with Crippen molar-refractivity contribution in [2.24, 2.45) is 5.73 Å². The van der Waals surface area contributed by atoms with Crippen molar-refractivity contribution in [3.8, 4) is 5.75 Å². The molecular formula is C22H36ClN3O3. The van der Waals surface area contributed by atoms with Gasteiger partial charge in [-0.05, 0) is 56.2 Å². The zero-order valence-electron chi connectivity index (χ0n) is 18.1. The Kier molecular flexibility index (Phi) is 10.5. The van der Waals surface area contributed by atoms with E-state index in [1.807, 2.05) is 24.8 Å². The molecule has 6 nitrogen and oxygen atoms in total. The summed E-state index contributed by atoms with van der Waals surface area (Å²) < 4.78 is 6.12. The van der Waals surface area contributed by atoms with Gasteiger partial charge in [-0.2, -0.15) is 0 Å². The van der Waals surface area contributed by atoms with Gasteiger partial charge in [-0.1, -0.05) is 26.0 Å². The lowest BCUT2D eigenvalue weighted by Crippen LogP contribution is -2.53. The lowest BCUT2D eigenvalue weighted by molar-refractivity contribution is -0.142. The van der Waals surface area contributed by atoms with Crippen molar-refractivity contribution < 1.29 is 14.3 Å². The molecule has 1 aromatic rings. The molecule has 2 amide bonds. The van der Waals surface area contributed by atoms with Crippen LogP contribution in [0.1, 0.15) is 63.5 Å². The van der Waals surface area contributed by atoms with Gasteiger partial charge in [-0.15, -0.1) is 12.4 Å². The number of likely N-dealkylation sites (tertiary alicyclic amines) is 1. The van der Waals surface area contributed by atoms with Gasteiger partial charge in [-0.3, -0.25) is 9.59 Å². The zero-order chi connectivity index (χ0) is 20.7. The number of benzene rings is 1. The number of hydrogen-bond acceptors (Lipinski definition) is 4. The van der Waals surface area contributed by atoms with Crippen LogP contribution in [0.25, 0.3) is 0 Å². The predicted molar refractivity (Wildman–Crippen MR) is 119 cm³/mol. The number of nitrogens with one attached hydrogen (secondary N) is 1. The SMILES string of the molecule is Cc1ccc(C(C)C)c(OC(C)C(=O)N2CCCCC2CNC(=O)CCN)c1.Cl. The third-order valence-electron chi connectivity index (χ3n) is 5.26. The monoisotopic (exact) mass is 425 g/mol. The molecule has 1 aliphatic heterocycles. The van der Waals surface area contributed by atoms with Crippen LogP contribution in [-0.4, -0.2) is 48.5 Å². The zero-order valence-corrected chi connectivity index (χ0v) is 18.9. The highest BCUT2D eigenvalue weighted by Gasteiger charge is 2.31. The predicted octanol–water partition coefficient (Wildman–Crippen LogP) is 3.15. The molecular weight excluding hydrogens is 390 g/mol. The summed E-state index contributed by atoms with van der Waals surface area (Å²) in [6.07, 6.45) is 2.67. The molecule has 2 atom stereocenters. The summed E-state index contributed by atoms with van der Waals surface area (Å²) in [6, 6.07) is 6.15. The van der Waals surface area contributed by atoms with Crippen LogP contribution in [0.15, 0.2) is 18.2 Å². The Labute approximate surface area is 181 Å². The van der Waals surface area contributed by atoms with Gasteiger partial charge < -0.3 is 20.7 Å². The van der Waals surface area contributed by atoms with E-state index in [2.05, 4.69) is 31.3 Å². The van der Waals surface area contributed by atoms with E-state index in [0.717, 1.165) is 36.1 Å². The van der Waals surface area contributed by atoms with Crippen LogP contribution in [0.4, 0.5) is 0 Å². The second-order valence-corrected chi connectivity index (χ2v) is 7.98. The lowest BCUT2D eigenvalue weighted by Gasteiger charge is -2.37. The molecule has 0 aliphatic carbocycles. The van der Waals surface area contributed by atoms with Crippen molar-refractivity contribution in [2.45, 2.75) is 71.4 Å². The lowest BCUT2D eigenvalue weighted by atomic mass is 10.00. The fourth-order valence-electron chi connectivity index (χ4n) is 3.65. The van der Waals surface area contributed by atoms with Gasteiger partial charge in [0.2, 0.25) is 5.91 Å². The molecule has 0 radical (unpaired) electrons. The van der Waals surface area contributed by atoms with Crippen LogP contribution in [0.2, 0.25) is 0 Å². The summed E-state index contributed by atoms with van der Waals surface area (Å²) in [6.45, 7) is 9.58. The molecule has 1 aliphatic rings. The van der Waals surface area contributed by atoms with Crippen molar-refractivity contribution in [2.75, 3.05) is 19.6 Å². The first-order valence-electron chi connectivity index (χ1n) is 10.4. The van der Waals surface area contributed by atoms with Crippen molar-refractivity contribution >= 4 is 24.2 Å². The van der Waals surface area contributed by atoms with Crippen LogP contribution in [0.5, 0.6) is 5.75 Å². The van der Waals surface area contributed by atoms with Crippen LogP contribution in [0.3, 0.4) is 0 Å². The molecule has 0 aromatic heterocycles. The van der Waals surface area contributed by atoms with Gasteiger partial charge in [0.15, 0.2) is 6.10 Å². The first-order chi connectivity index (χ1) is 13.3. The number of hydrogen-bond donors (Lipinski definition) is 2. The molecule has 1 heterocycles. The fourth-order valence-corrected chi connectivity index (χ4v) is 3.65. The summed E-state index contributed by atoms with van der Waals surface area (Å²) in [4.78, 5) is 26.7. The number of halogens is 1. The van der Waals surface area contributed by atoms with E-state index < -0.39 is 6.10 Å². The Hall–Kier alpha value is -1.79. The molecule has 3 N–H and O–H groups in total. The van der Waals surface area contributed by atoms with Crippen LogP contribution in [0, 0.1) is 6.92 Å². The second-order valence-electron chi connectivity index (χ2n) is 7.98. The van der Waals surface area contributed by atoms with Crippen LogP contribution < -0.4 is 15.8 Å². The molecule has 2 unspecified atom stereocenters. The molecule has 1 fully saturated rings. The van der Waals surface area contributed by atoms with E-state index in [1.165, 1.54) is 0 Å². The van der Waals surface area contributed by atoms with Gasteiger partial charge >= 0.3 is 0 Å². The average Bonchev–Trinajstić information content (AvgIpc) is 2.66. The number of rotatable bonds is 8. The maximum Gasteiger partial charge on any atom is 0.263 e. The second kappa shape index (κ2) is 12.0. The largest absolute Gasteiger partial charge is 0.481 e. The third-order valence-corrected chi connectivity index (χ3v) is 5.26. The van der Waals surface area contributed by atoms with Crippen molar-refractivity contribution in [1.29, 1.82) is 0 Å². The minimum absolute atomic E-state index is 0. The van der Waals surface area contributed by atoms with E-state index in [-0.39, 0.29) is 30.3 Å². The smallest absolute Gasteiger partial charge is 0.263 e. The van der Waals surface area contributed by atoms with E-state index >= 15 is 0 Å². The number of carbonyl (C=O) groups is 2. The number of amides is 2. The average molecular weight is 426 g/mol. The number of carbonyl (C=O) groups excluding carboxylic acids is 2. The van der Waals surface area contributed by atoms with Gasteiger partial charge in [0.05, 0.1) is 0 Å². The molecule has 0 spiro atoms. The maximum atomic E-state index is 13.1. The minimum atomic E-state index is -0.570. The normalized spacial score (nSPS) is 17.4. The Morgan fingerprint density at radius 3 is 2.66 bits per heavy atom. The molecule has 1 saturated heterocycles. The maximum absolute atomic E-state index is 13.1. The van der Waals surface area contributed by atoms with Crippen LogP contribution >= 0.6 is 12.4 Å².